The van der Waals surface area contributed by atoms with Crippen molar-refractivity contribution in [3.05, 3.63) is 53.8 Å². The van der Waals surface area contributed by atoms with Gasteiger partial charge in [0.05, 0.1) is 22.9 Å². The molecule has 3 fully saturated rings. The van der Waals surface area contributed by atoms with Gasteiger partial charge in [-0.15, -0.1) is 0 Å². The number of hydrogen-bond donors (Lipinski definition) is 0. The number of amides is 1. The summed E-state index contributed by atoms with van der Waals surface area (Å²) in [5, 5.41) is 9.89. The van der Waals surface area contributed by atoms with E-state index in [-0.39, 0.29) is 35.5 Å². The van der Waals surface area contributed by atoms with E-state index in [1.165, 1.54) is 10.4 Å². The molecule has 5 rings (SSSR count). The van der Waals surface area contributed by atoms with Gasteiger partial charge >= 0.3 is 6.09 Å². The lowest BCUT2D eigenvalue weighted by Crippen LogP contribution is -2.51. The molecule has 1 saturated carbocycles. The fraction of sp³-hybridized carbons (Fsp3) is 0.559. The molecule has 0 radical (unpaired) electrons. The van der Waals surface area contributed by atoms with E-state index < -0.39 is 39.5 Å². The average molecular weight is 639 g/mol. The van der Waals surface area contributed by atoms with Crippen molar-refractivity contribution in [1.29, 1.82) is 5.26 Å². The number of piperidine rings is 1. The van der Waals surface area contributed by atoms with E-state index in [0.29, 0.717) is 36.3 Å². The molecule has 2 aliphatic heterocycles. The molecular weight excluding hydrogens is 595 g/mol. The van der Waals surface area contributed by atoms with Gasteiger partial charge in [-0.2, -0.15) is 9.57 Å². The van der Waals surface area contributed by atoms with Crippen LogP contribution >= 0.6 is 0 Å². The molecule has 3 aliphatic rings. The standard InChI is InChI=1S/C34H43FN4O5S/c1-34(2,3)44-33(41)39-28-11-8-27(20-28)32(39)31(40)19-23(22-36)18-26-7-6-25(21-30(26)35)24-9-12-29(13-10-24)45(42,43)38-15-5-14-37(4)16-17-38/h6-7,9-10,12-13,21,23,27-28,32H,5,8,11,14-20H2,1-4H3/t23-,27+,28-,32+/m1/s1. The smallest absolute Gasteiger partial charge is 0.411 e. The Labute approximate surface area is 266 Å². The number of ether oxygens (including phenoxy) is 1. The van der Waals surface area contributed by atoms with Gasteiger partial charge in [0.25, 0.3) is 0 Å². The number of rotatable bonds is 8. The number of likely N-dealkylation sites (N-methyl/N-ethyl adjacent to an activating group) is 1. The number of benzene rings is 2. The second kappa shape index (κ2) is 13.2. The Morgan fingerprint density at radius 1 is 1.04 bits per heavy atom. The molecule has 242 valence electrons. The molecule has 4 atom stereocenters. The second-order valence-electron chi connectivity index (χ2n) is 13.7. The largest absolute Gasteiger partial charge is 0.444 e. The molecular formula is C34H43FN4O5S. The quantitative estimate of drug-likeness (QED) is 0.389. The maximum absolute atomic E-state index is 15.3. The predicted molar refractivity (Wildman–Crippen MR) is 168 cm³/mol. The number of halogens is 1. The van der Waals surface area contributed by atoms with Crippen LogP contribution < -0.4 is 0 Å². The molecule has 0 spiro atoms. The number of sulfonamides is 1. The second-order valence-corrected chi connectivity index (χ2v) is 15.6. The maximum Gasteiger partial charge on any atom is 0.411 e. The van der Waals surface area contributed by atoms with E-state index in [1.807, 2.05) is 7.05 Å². The Balaban J connectivity index is 1.24. The number of nitrogens with zero attached hydrogens (tertiary/aromatic N) is 4. The van der Waals surface area contributed by atoms with Crippen LogP contribution in [0.5, 0.6) is 0 Å². The summed E-state index contributed by atoms with van der Waals surface area (Å²) in [6.45, 7) is 7.81. The van der Waals surface area contributed by atoms with Gasteiger partial charge in [-0.3, -0.25) is 9.69 Å². The predicted octanol–water partition coefficient (Wildman–Crippen LogP) is 5.25. The van der Waals surface area contributed by atoms with Gasteiger partial charge in [0.2, 0.25) is 10.0 Å². The van der Waals surface area contributed by atoms with Crippen LogP contribution in [0, 0.1) is 29.0 Å². The van der Waals surface area contributed by atoms with Crippen molar-refractivity contribution >= 4 is 21.9 Å². The molecule has 2 saturated heterocycles. The fourth-order valence-corrected chi connectivity index (χ4v) is 8.37. The lowest BCUT2D eigenvalue weighted by atomic mass is 9.87. The van der Waals surface area contributed by atoms with Gasteiger partial charge in [-0.05, 0) is 107 Å². The van der Waals surface area contributed by atoms with Crippen molar-refractivity contribution in [1.82, 2.24) is 14.1 Å². The molecule has 2 aromatic carbocycles. The number of ketones is 1. The van der Waals surface area contributed by atoms with Crippen LogP contribution in [0.4, 0.5) is 9.18 Å². The summed E-state index contributed by atoms with van der Waals surface area (Å²) in [4.78, 5) is 30.4. The van der Waals surface area contributed by atoms with Crippen LogP contribution in [0.3, 0.4) is 0 Å². The van der Waals surface area contributed by atoms with Crippen LogP contribution in [-0.4, -0.2) is 85.3 Å². The van der Waals surface area contributed by atoms with E-state index in [2.05, 4.69) is 11.0 Å². The first-order valence-corrected chi connectivity index (χ1v) is 17.2. The number of nitriles is 1. The highest BCUT2D eigenvalue weighted by molar-refractivity contribution is 7.89. The molecule has 2 aromatic rings. The van der Waals surface area contributed by atoms with E-state index >= 15 is 4.39 Å². The van der Waals surface area contributed by atoms with E-state index in [9.17, 15) is 23.3 Å². The Morgan fingerprint density at radius 2 is 1.76 bits per heavy atom. The molecule has 1 amide bonds. The first-order valence-electron chi connectivity index (χ1n) is 15.8. The molecule has 9 nitrogen and oxygen atoms in total. The van der Waals surface area contributed by atoms with Gasteiger partial charge in [-0.25, -0.2) is 17.6 Å². The van der Waals surface area contributed by atoms with Crippen molar-refractivity contribution in [3.8, 4) is 17.2 Å². The highest BCUT2D eigenvalue weighted by Gasteiger charge is 2.52. The number of likely N-dealkylation sites (tertiary alicyclic amines) is 1. The third-order valence-corrected chi connectivity index (χ3v) is 11.1. The Bertz CT molecular complexity index is 1570. The van der Waals surface area contributed by atoms with Gasteiger partial charge in [0.15, 0.2) is 5.78 Å². The molecule has 0 N–H and O–H groups in total. The van der Waals surface area contributed by atoms with E-state index in [4.69, 9.17) is 4.74 Å². The Kier molecular flexibility index (Phi) is 9.68. The molecule has 2 heterocycles. The van der Waals surface area contributed by atoms with Crippen molar-refractivity contribution < 1.29 is 27.1 Å². The maximum atomic E-state index is 15.3. The summed E-state index contributed by atoms with van der Waals surface area (Å²) in [5.41, 5.74) is 0.881. The Hall–Kier alpha value is -3.33. The van der Waals surface area contributed by atoms with Crippen LogP contribution in [0.1, 0.15) is 58.4 Å². The summed E-state index contributed by atoms with van der Waals surface area (Å²) in [5.74, 6) is -1.38. The normalized spacial score (nSPS) is 23.4. The van der Waals surface area contributed by atoms with Gasteiger partial charge in [0, 0.05) is 32.1 Å². The fourth-order valence-electron chi connectivity index (χ4n) is 6.90. The zero-order valence-electron chi connectivity index (χ0n) is 26.5. The van der Waals surface area contributed by atoms with Crippen LogP contribution in [0.2, 0.25) is 0 Å². The van der Waals surface area contributed by atoms with E-state index in [1.54, 1.807) is 62.1 Å². The van der Waals surface area contributed by atoms with Crippen molar-refractivity contribution in [2.75, 3.05) is 33.2 Å². The summed E-state index contributed by atoms with van der Waals surface area (Å²) in [6.07, 6.45) is 2.71. The van der Waals surface area contributed by atoms with Crippen molar-refractivity contribution in [2.24, 2.45) is 11.8 Å². The average Bonchev–Trinajstić information content (AvgIpc) is 3.53. The lowest BCUT2D eigenvalue weighted by molar-refractivity contribution is -0.126. The van der Waals surface area contributed by atoms with Crippen LogP contribution in [-0.2, 0) is 26.0 Å². The summed E-state index contributed by atoms with van der Waals surface area (Å²) < 4.78 is 48.8. The van der Waals surface area contributed by atoms with Crippen molar-refractivity contribution in [3.63, 3.8) is 0 Å². The number of carbonyl (C=O) groups is 2. The third-order valence-electron chi connectivity index (χ3n) is 9.17. The molecule has 2 bridgehead atoms. The number of carbonyl (C=O) groups excluding carboxylic acids is 2. The van der Waals surface area contributed by atoms with E-state index in [0.717, 1.165) is 32.2 Å². The highest BCUT2D eigenvalue weighted by Crippen LogP contribution is 2.44. The minimum Gasteiger partial charge on any atom is -0.444 e. The summed E-state index contributed by atoms with van der Waals surface area (Å²) in [6, 6.07) is 12.7. The van der Waals surface area contributed by atoms with Crippen LogP contribution in [0.25, 0.3) is 11.1 Å². The van der Waals surface area contributed by atoms with Crippen molar-refractivity contribution in [2.45, 2.75) is 81.9 Å². The van der Waals surface area contributed by atoms with Gasteiger partial charge < -0.3 is 9.64 Å². The summed E-state index contributed by atoms with van der Waals surface area (Å²) in [7, 11) is -1.65. The van der Waals surface area contributed by atoms with Gasteiger partial charge in [0.1, 0.15) is 11.4 Å². The monoisotopic (exact) mass is 638 g/mol. The highest BCUT2D eigenvalue weighted by atomic mass is 32.2. The first-order chi connectivity index (χ1) is 21.3. The SMILES string of the molecule is CN1CCCN(S(=O)(=O)c2ccc(-c3ccc(C[C@@H](C#N)CC(=O)[C@@H]4[C@H]5CC[C@H](C5)N4C(=O)OC(C)(C)C)c(F)c3)cc2)CC1. The first kappa shape index (κ1) is 33.0. The molecule has 11 heteroatoms. The number of Topliss-reactive ketones (excluding diaryl/α,β-unsaturated/α-hetero) is 1. The molecule has 0 aromatic heterocycles. The molecule has 0 unspecified atom stereocenters. The minimum atomic E-state index is -3.63. The Morgan fingerprint density at radius 3 is 2.42 bits per heavy atom. The minimum absolute atomic E-state index is 0.0326. The number of hydrogen-bond acceptors (Lipinski definition) is 7. The zero-order valence-corrected chi connectivity index (χ0v) is 27.4. The van der Waals surface area contributed by atoms with Gasteiger partial charge in [-0.1, -0.05) is 24.3 Å². The molecule has 1 aliphatic carbocycles. The lowest BCUT2D eigenvalue weighted by Gasteiger charge is -2.35. The molecule has 45 heavy (non-hydrogen) atoms. The topological polar surface area (TPSA) is 111 Å². The number of fused-ring (bicyclic) bond motifs is 2. The summed E-state index contributed by atoms with van der Waals surface area (Å²) >= 11 is 0. The van der Waals surface area contributed by atoms with Crippen LogP contribution in [0.15, 0.2) is 47.4 Å². The third kappa shape index (κ3) is 7.40. The zero-order chi connectivity index (χ0) is 32.5.